The van der Waals surface area contributed by atoms with Gasteiger partial charge < -0.3 is 19.1 Å². The number of amides is 1. The Morgan fingerprint density at radius 3 is 2.26 bits per heavy atom. The van der Waals surface area contributed by atoms with Crippen molar-refractivity contribution in [3.05, 3.63) is 54.1 Å². The first-order valence-electron chi connectivity index (χ1n) is 7.30. The molecule has 2 aromatic carbocycles. The normalized spacial score (nSPS) is 10.0. The molecular formula is C18H21NO4. The molecule has 0 aliphatic carbocycles. The first-order valence-corrected chi connectivity index (χ1v) is 7.30. The minimum absolute atomic E-state index is 0.0674. The van der Waals surface area contributed by atoms with E-state index in [2.05, 4.69) is 0 Å². The van der Waals surface area contributed by atoms with Crippen molar-refractivity contribution in [1.29, 1.82) is 0 Å². The maximum absolute atomic E-state index is 12.3. The Hall–Kier alpha value is -2.69. The molecule has 1 amide bonds. The highest BCUT2D eigenvalue weighted by atomic mass is 16.5. The molecule has 0 N–H and O–H groups in total. The summed E-state index contributed by atoms with van der Waals surface area (Å²) in [7, 11) is 4.95. The number of nitrogens with zero attached hydrogens (tertiary/aromatic N) is 1. The van der Waals surface area contributed by atoms with E-state index >= 15 is 0 Å². The minimum atomic E-state index is -0.0674. The van der Waals surface area contributed by atoms with Gasteiger partial charge in [0.05, 0.1) is 20.8 Å². The first kappa shape index (κ1) is 16.7. The average Bonchev–Trinajstić information content (AvgIpc) is 2.61. The van der Waals surface area contributed by atoms with Gasteiger partial charge in [0.25, 0.3) is 5.91 Å². The largest absolute Gasteiger partial charge is 0.497 e. The summed E-state index contributed by atoms with van der Waals surface area (Å²) in [6.45, 7) is 0.903. The Labute approximate surface area is 136 Å². The van der Waals surface area contributed by atoms with E-state index in [4.69, 9.17) is 14.2 Å². The molecular weight excluding hydrogens is 294 g/mol. The smallest absolute Gasteiger partial charge is 0.253 e. The van der Waals surface area contributed by atoms with Crippen LogP contribution in [0.3, 0.4) is 0 Å². The van der Waals surface area contributed by atoms with E-state index in [1.54, 1.807) is 44.4 Å². The molecule has 0 spiro atoms. The Kier molecular flexibility index (Phi) is 5.86. The third-order valence-electron chi connectivity index (χ3n) is 3.42. The fourth-order valence-electron chi connectivity index (χ4n) is 2.05. The lowest BCUT2D eigenvalue weighted by atomic mass is 10.2. The van der Waals surface area contributed by atoms with Crippen LogP contribution >= 0.6 is 0 Å². The quantitative estimate of drug-likeness (QED) is 0.788. The van der Waals surface area contributed by atoms with E-state index in [9.17, 15) is 4.79 Å². The number of benzene rings is 2. The summed E-state index contributed by atoms with van der Waals surface area (Å²) in [5.41, 5.74) is 0.594. The Bertz CT molecular complexity index is 640. The molecule has 122 valence electrons. The van der Waals surface area contributed by atoms with Crippen molar-refractivity contribution in [3.8, 4) is 17.2 Å². The fraction of sp³-hybridized carbons (Fsp3) is 0.278. The van der Waals surface area contributed by atoms with Crippen LogP contribution < -0.4 is 14.2 Å². The Morgan fingerprint density at radius 2 is 1.61 bits per heavy atom. The molecule has 0 aliphatic rings. The second-order valence-electron chi connectivity index (χ2n) is 4.98. The molecule has 0 saturated carbocycles. The lowest BCUT2D eigenvalue weighted by molar-refractivity contribution is 0.0773. The number of carbonyl (C=O) groups excluding carboxylic acids is 1. The van der Waals surface area contributed by atoms with Crippen molar-refractivity contribution >= 4 is 5.91 Å². The molecule has 5 heteroatoms. The van der Waals surface area contributed by atoms with Crippen LogP contribution in [0.5, 0.6) is 17.2 Å². The van der Waals surface area contributed by atoms with Gasteiger partial charge in [0.2, 0.25) is 0 Å². The van der Waals surface area contributed by atoms with Gasteiger partial charge in [0.15, 0.2) is 0 Å². The van der Waals surface area contributed by atoms with Gasteiger partial charge in [-0.25, -0.2) is 0 Å². The van der Waals surface area contributed by atoms with Crippen LogP contribution in [0.1, 0.15) is 10.4 Å². The van der Waals surface area contributed by atoms with Crippen LogP contribution in [-0.2, 0) is 0 Å². The van der Waals surface area contributed by atoms with Gasteiger partial charge >= 0.3 is 0 Å². The van der Waals surface area contributed by atoms with Crippen LogP contribution in [-0.4, -0.2) is 45.2 Å². The predicted octanol–water partition coefficient (Wildman–Crippen LogP) is 2.85. The number of carbonyl (C=O) groups is 1. The number of ether oxygens (including phenoxy) is 3. The number of methoxy groups -OCH3 is 2. The van der Waals surface area contributed by atoms with Gasteiger partial charge in [-0.05, 0) is 42.5 Å². The summed E-state index contributed by atoms with van der Waals surface area (Å²) in [6, 6.07) is 14.4. The van der Waals surface area contributed by atoms with Crippen molar-refractivity contribution in [2.75, 3.05) is 34.4 Å². The van der Waals surface area contributed by atoms with E-state index < -0.39 is 0 Å². The van der Waals surface area contributed by atoms with Gasteiger partial charge in [0, 0.05) is 12.6 Å². The van der Waals surface area contributed by atoms with Crippen LogP contribution in [0.4, 0.5) is 0 Å². The first-order chi connectivity index (χ1) is 11.1. The molecule has 0 radical (unpaired) electrons. The summed E-state index contributed by atoms with van der Waals surface area (Å²) in [4.78, 5) is 14.0. The van der Waals surface area contributed by atoms with Crippen molar-refractivity contribution in [3.63, 3.8) is 0 Å². The lowest BCUT2D eigenvalue weighted by Gasteiger charge is -2.18. The molecule has 0 unspecified atom stereocenters. The fourth-order valence-corrected chi connectivity index (χ4v) is 2.05. The summed E-state index contributed by atoms with van der Waals surface area (Å²) >= 11 is 0. The van der Waals surface area contributed by atoms with Gasteiger partial charge in [-0.3, -0.25) is 4.79 Å². The standard InChI is InChI=1S/C18H21NO4/c1-19(18(20)14-5-4-6-17(13-14)22-3)11-12-23-16-9-7-15(21-2)8-10-16/h4-10,13H,11-12H2,1-3H3. The molecule has 0 aliphatic heterocycles. The molecule has 2 rings (SSSR count). The highest BCUT2D eigenvalue weighted by Crippen LogP contribution is 2.17. The number of rotatable bonds is 7. The second-order valence-corrected chi connectivity index (χ2v) is 4.98. The summed E-state index contributed by atoms with van der Waals surface area (Å²) in [5, 5.41) is 0. The molecule has 0 fully saturated rings. The van der Waals surface area contributed by atoms with E-state index in [1.807, 2.05) is 30.3 Å². The number of likely N-dealkylation sites (N-methyl/N-ethyl adjacent to an activating group) is 1. The third-order valence-corrected chi connectivity index (χ3v) is 3.42. The third kappa shape index (κ3) is 4.64. The number of hydrogen-bond donors (Lipinski definition) is 0. The Morgan fingerprint density at radius 1 is 0.957 bits per heavy atom. The van der Waals surface area contributed by atoms with Crippen molar-refractivity contribution in [2.24, 2.45) is 0 Å². The maximum Gasteiger partial charge on any atom is 0.253 e. The van der Waals surface area contributed by atoms with E-state index in [0.717, 1.165) is 11.5 Å². The molecule has 0 aromatic heterocycles. The highest BCUT2D eigenvalue weighted by Gasteiger charge is 2.12. The SMILES string of the molecule is COc1ccc(OCCN(C)C(=O)c2cccc(OC)c2)cc1. The van der Waals surface area contributed by atoms with Gasteiger partial charge in [-0.15, -0.1) is 0 Å². The summed E-state index contributed by atoms with van der Waals surface area (Å²) in [5.74, 6) is 2.12. The predicted molar refractivity (Wildman–Crippen MR) is 88.4 cm³/mol. The van der Waals surface area contributed by atoms with Gasteiger partial charge in [-0.1, -0.05) is 6.07 Å². The molecule has 0 atom stereocenters. The molecule has 5 nitrogen and oxygen atoms in total. The molecule has 0 bridgehead atoms. The average molecular weight is 315 g/mol. The summed E-state index contributed by atoms with van der Waals surface area (Å²) in [6.07, 6.45) is 0. The second kappa shape index (κ2) is 8.08. The van der Waals surface area contributed by atoms with E-state index in [0.29, 0.717) is 24.5 Å². The van der Waals surface area contributed by atoms with E-state index in [-0.39, 0.29) is 5.91 Å². The van der Waals surface area contributed by atoms with Crippen molar-refractivity contribution < 1.29 is 19.0 Å². The molecule has 2 aromatic rings. The maximum atomic E-state index is 12.3. The van der Waals surface area contributed by atoms with Gasteiger partial charge in [-0.2, -0.15) is 0 Å². The van der Waals surface area contributed by atoms with Crippen LogP contribution in [0.2, 0.25) is 0 Å². The highest BCUT2D eigenvalue weighted by molar-refractivity contribution is 5.94. The lowest BCUT2D eigenvalue weighted by Crippen LogP contribution is -2.30. The minimum Gasteiger partial charge on any atom is -0.497 e. The topological polar surface area (TPSA) is 48.0 Å². The molecule has 23 heavy (non-hydrogen) atoms. The summed E-state index contributed by atoms with van der Waals surface area (Å²) < 4.78 is 15.9. The van der Waals surface area contributed by atoms with Crippen molar-refractivity contribution in [1.82, 2.24) is 4.90 Å². The number of hydrogen-bond acceptors (Lipinski definition) is 4. The van der Waals surface area contributed by atoms with E-state index in [1.165, 1.54) is 0 Å². The van der Waals surface area contributed by atoms with Crippen LogP contribution in [0.15, 0.2) is 48.5 Å². The zero-order valence-electron chi connectivity index (χ0n) is 13.6. The zero-order valence-corrected chi connectivity index (χ0v) is 13.6. The Balaban J connectivity index is 1.85. The van der Waals surface area contributed by atoms with Crippen molar-refractivity contribution in [2.45, 2.75) is 0 Å². The monoisotopic (exact) mass is 315 g/mol. The van der Waals surface area contributed by atoms with Gasteiger partial charge in [0.1, 0.15) is 23.9 Å². The molecule has 0 saturated heterocycles. The molecule has 0 heterocycles. The van der Waals surface area contributed by atoms with Crippen LogP contribution in [0, 0.1) is 0 Å². The zero-order chi connectivity index (χ0) is 16.7. The van der Waals surface area contributed by atoms with Crippen LogP contribution in [0.25, 0.3) is 0 Å².